The van der Waals surface area contributed by atoms with Gasteiger partial charge in [-0.05, 0) is 25.7 Å². The Balaban J connectivity index is 3.25. The Morgan fingerprint density at radius 1 is 0.600 bits per heavy atom. The molecule has 0 aromatic carbocycles. The lowest BCUT2D eigenvalue weighted by atomic mass is 10.1. The summed E-state index contributed by atoms with van der Waals surface area (Å²) in [6.45, 7) is 5.13. The normalized spacial score (nSPS) is 12.0. The van der Waals surface area contributed by atoms with E-state index in [-0.39, 0.29) is 0 Å². The third-order valence-corrected chi connectivity index (χ3v) is 4.29. The molecule has 2 heteroatoms. The highest BCUT2D eigenvalue weighted by molar-refractivity contribution is 4.48. The van der Waals surface area contributed by atoms with Crippen molar-refractivity contribution in [3.8, 4) is 0 Å². The maximum Gasteiger partial charge on any atom is 0.0783 e. The Labute approximate surface area is 128 Å². The highest BCUT2D eigenvalue weighted by Gasteiger charge is 2.13. The molecule has 0 atom stereocenters. The minimum Gasteiger partial charge on any atom is -0.396 e. The summed E-state index contributed by atoms with van der Waals surface area (Å²) in [6, 6.07) is 0. The minimum atomic E-state index is 0.345. The van der Waals surface area contributed by atoms with E-state index in [1.807, 2.05) is 0 Å². The van der Waals surface area contributed by atoms with Crippen molar-refractivity contribution >= 4 is 0 Å². The van der Waals surface area contributed by atoms with E-state index in [1.54, 1.807) is 0 Å². The van der Waals surface area contributed by atoms with Gasteiger partial charge in [0.25, 0.3) is 0 Å². The third kappa shape index (κ3) is 14.3. The van der Waals surface area contributed by atoms with Gasteiger partial charge in [-0.2, -0.15) is 0 Å². The minimum absolute atomic E-state index is 0.345. The molecule has 0 saturated heterocycles. The van der Waals surface area contributed by atoms with Crippen LogP contribution in [-0.2, 0) is 0 Å². The lowest BCUT2D eigenvalue weighted by Crippen LogP contribution is -2.41. The zero-order valence-electron chi connectivity index (χ0n) is 14.5. The molecule has 0 aliphatic carbocycles. The van der Waals surface area contributed by atoms with Gasteiger partial charge in [0.05, 0.1) is 27.2 Å². The van der Waals surface area contributed by atoms with Crippen LogP contribution >= 0.6 is 0 Å². The monoisotopic (exact) mass is 286 g/mol. The van der Waals surface area contributed by atoms with Crippen LogP contribution in [0.1, 0.15) is 84.0 Å². The number of quaternary nitrogens is 1. The van der Waals surface area contributed by atoms with E-state index in [9.17, 15) is 0 Å². The molecular formula is C18H40NO+. The summed E-state index contributed by atoms with van der Waals surface area (Å²) in [5.41, 5.74) is 0. The maximum atomic E-state index is 8.82. The molecule has 122 valence electrons. The summed E-state index contributed by atoms with van der Waals surface area (Å²) >= 11 is 0. The van der Waals surface area contributed by atoms with Crippen LogP contribution in [0.3, 0.4) is 0 Å². The second kappa shape index (κ2) is 13.9. The van der Waals surface area contributed by atoms with Crippen LogP contribution in [0.4, 0.5) is 0 Å². The first-order valence-electron chi connectivity index (χ1n) is 9.05. The Morgan fingerprint density at radius 3 is 1.45 bits per heavy atom. The van der Waals surface area contributed by atoms with Gasteiger partial charge in [-0.3, -0.25) is 0 Å². The van der Waals surface area contributed by atoms with E-state index in [1.165, 1.54) is 77.3 Å². The van der Waals surface area contributed by atoms with Crippen LogP contribution in [0, 0.1) is 0 Å². The molecule has 0 rings (SSSR count). The standard InChI is InChI=1S/C18H40NO/c1-4-5-6-7-8-9-10-11-12-13-16-19(2,3)17-14-15-18-20/h20H,4-18H2,1-3H3/q+1. The molecule has 0 heterocycles. The second-order valence-corrected chi connectivity index (χ2v) is 7.00. The van der Waals surface area contributed by atoms with Crippen molar-refractivity contribution in [2.75, 3.05) is 33.8 Å². The van der Waals surface area contributed by atoms with Crippen molar-refractivity contribution in [3.05, 3.63) is 0 Å². The fourth-order valence-corrected chi connectivity index (χ4v) is 2.79. The lowest BCUT2D eigenvalue weighted by Gasteiger charge is -2.29. The van der Waals surface area contributed by atoms with E-state index in [0.29, 0.717) is 6.61 Å². The van der Waals surface area contributed by atoms with Gasteiger partial charge in [0.15, 0.2) is 0 Å². The van der Waals surface area contributed by atoms with Crippen LogP contribution in [-0.4, -0.2) is 43.4 Å². The van der Waals surface area contributed by atoms with Gasteiger partial charge in [0.1, 0.15) is 0 Å². The summed E-state index contributed by atoms with van der Waals surface area (Å²) in [6.07, 6.45) is 16.3. The van der Waals surface area contributed by atoms with Crippen LogP contribution < -0.4 is 0 Å². The number of hydrogen-bond donors (Lipinski definition) is 1. The lowest BCUT2D eigenvalue weighted by molar-refractivity contribution is -0.890. The molecule has 0 saturated carbocycles. The molecule has 2 nitrogen and oxygen atoms in total. The van der Waals surface area contributed by atoms with E-state index in [2.05, 4.69) is 21.0 Å². The van der Waals surface area contributed by atoms with Crippen molar-refractivity contribution in [2.24, 2.45) is 0 Å². The van der Waals surface area contributed by atoms with Crippen molar-refractivity contribution in [1.29, 1.82) is 0 Å². The van der Waals surface area contributed by atoms with Gasteiger partial charge >= 0.3 is 0 Å². The van der Waals surface area contributed by atoms with Crippen LogP contribution in [0.2, 0.25) is 0 Å². The molecule has 20 heavy (non-hydrogen) atoms. The Morgan fingerprint density at radius 2 is 1.00 bits per heavy atom. The molecule has 0 aromatic heterocycles. The summed E-state index contributed by atoms with van der Waals surface area (Å²) in [7, 11) is 4.65. The predicted molar refractivity (Wildman–Crippen MR) is 90.0 cm³/mol. The summed E-state index contributed by atoms with van der Waals surface area (Å²) in [5.74, 6) is 0. The van der Waals surface area contributed by atoms with Gasteiger partial charge < -0.3 is 9.59 Å². The average molecular weight is 287 g/mol. The van der Waals surface area contributed by atoms with E-state index in [4.69, 9.17) is 5.11 Å². The summed E-state index contributed by atoms with van der Waals surface area (Å²) < 4.78 is 1.12. The van der Waals surface area contributed by atoms with Crippen molar-refractivity contribution in [3.63, 3.8) is 0 Å². The van der Waals surface area contributed by atoms with Gasteiger partial charge in [-0.1, -0.05) is 58.3 Å². The topological polar surface area (TPSA) is 20.2 Å². The number of nitrogens with zero attached hydrogens (tertiary/aromatic N) is 1. The van der Waals surface area contributed by atoms with Crippen LogP contribution in [0.5, 0.6) is 0 Å². The quantitative estimate of drug-likeness (QED) is 0.340. The molecule has 0 unspecified atom stereocenters. The Bertz CT molecular complexity index is 192. The number of hydrogen-bond acceptors (Lipinski definition) is 1. The van der Waals surface area contributed by atoms with Crippen molar-refractivity contribution in [2.45, 2.75) is 84.0 Å². The number of rotatable bonds is 15. The molecule has 0 aliphatic rings. The molecular weight excluding hydrogens is 246 g/mol. The van der Waals surface area contributed by atoms with Gasteiger partial charge in [0, 0.05) is 6.61 Å². The SMILES string of the molecule is CCCCCCCCCCCC[N+](C)(C)CCCCO. The molecule has 0 bridgehead atoms. The fraction of sp³-hybridized carbons (Fsp3) is 1.00. The van der Waals surface area contributed by atoms with Crippen molar-refractivity contribution < 1.29 is 9.59 Å². The molecule has 0 amide bonds. The molecule has 0 fully saturated rings. The second-order valence-electron chi connectivity index (χ2n) is 7.00. The van der Waals surface area contributed by atoms with E-state index < -0.39 is 0 Å². The molecule has 0 aliphatic heterocycles. The zero-order valence-corrected chi connectivity index (χ0v) is 14.5. The highest BCUT2D eigenvalue weighted by Crippen LogP contribution is 2.12. The predicted octanol–water partition coefficient (Wildman–Crippen LogP) is 4.76. The maximum absolute atomic E-state index is 8.82. The highest BCUT2D eigenvalue weighted by atomic mass is 16.2. The van der Waals surface area contributed by atoms with Gasteiger partial charge in [0.2, 0.25) is 0 Å². The Kier molecular flexibility index (Phi) is 13.8. The first-order chi connectivity index (χ1) is 9.62. The summed E-state index contributed by atoms with van der Waals surface area (Å²) in [5, 5.41) is 8.82. The molecule has 0 spiro atoms. The van der Waals surface area contributed by atoms with Crippen LogP contribution in [0.15, 0.2) is 0 Å². The van der Waals surface area contributed by atoms with Gasteiger partial charge in [-0.25, -0.2) is 0 Å². The number of aliphatic hydroxyl groups is 1. The molecule has 0 aromatic rings. The number of aliphatic hydroxyl groups excluding tert-OH is 1. The van der Waals surface area contributed by atoms with Crippen molar-refractivity contribution in [1.82, 2.24) is 0 Å². The first-order valence-corrected chi connectivity index (χ1v) is 9.05. The third-order valence-electron chi connectivity index (χ3n) is 4.29. The smallest absolute Gasteiger partial charge is 0.0783 e. The Hall–Kier alpha value is -0.0800. The van der Waals surface area contributed by atoms with E-state index in [0.717, 1.165) is 17.3 Å². The fourth-order valence-electron chi connectivity index (χ4n) is 2.79. The van der Waals surface area contributed by atoms with Gasteiger partial charge in [-0.15, -0.1) is 0 Å². The summed E-state index contributed by atoms with van der Waals surface area (Å²) in [4.78, 5) is 0. The molecule has 1 N–H and O–H groups in total. The first kappa shape index (κ1) is 19.9. The number of unbranched alkanes of at least 4 members (excludes halogenated alkanes) is 10. The van der Waals surface area contributed by atoms with E-state index >= 15 is 0 Å². The largest absolute Gasteiger partial charge is 0.396 e. The van der Waals surface area contributed by atoms with Crippen LogP contribution in [0.25, 0.3) is 0 Å². The average Bonchev–Trinajstić information content (AvgIpc) is 2.41. The zero-order chi connectivity index (χ0) is 15.1. The molecule has 0 radical (unpaired) electrons.